The molecule has 0 aromatic heterocycles. The molecule has 2 amide bonds. The molecule has 0 aliphatic carbocycles. The van der Waals surface area contributed by atoms with Crippen molar-refractivity contribution in [3.05, 3.63) is 30.3 Å². The van der Waals surface area contributed by atoms with Crippen molar-refractivity contribution < 1.29 is 14.3 Å². The van der Waals surface area contributed by atoms with Gasteiger partial charge in [-0.3, -0.25) is 9.59 Å². The monoisotopic (exact) mass is 306 g/mol. The van der Waals surface area contributed by atoms with E-state index in [4.69, 9.17) is 4.74 Å². The second-order valence-electron chi connectivity index (χ2n) is 4.96. The summed E-state index contributed by atoms with van der Waals surface area (Å²) in [6, 6.07) is 9.20. The molecule has 0 atom stereocenters. The summed E-state index contributed by atoms with van der Waals surface area (Å²) in [6.07, 6.45) is 2.87. The van der Waals surface area contributed by atoms with Crippen LogP contribution in [0, 0.1) is 0 Å². The number of rotatable bonds is 9. The second kappa shape index (κ2) is 10.8. The molecule has 0 aliphatic rings. The van der Waals surface area contributed by atoms with Crippen LogP contribution in [0.4, 0.5) is 5.69 Å². The number of hydrogen-bond donors (Lipinski definition) is 1. The predicted octanol–water partition coefficient (Wildman–Crippen LogP) is 2.36. The summed E-state index contributed by atoms with van der Waals surface area (Å²) in [7, 11) is 0. The van der Waals surface area contributed by atoms with E-state index in [2.05, 4.69) is 12.2 Å². The van der Waals surface area contributed by atoms with E-state index in [1.807, 2.05) is 37.3 Å². The van der Waals surface area contributed by atoms with Crippen LogP contribution in [0.1, 0.15) is 33.1 Å². The molecule has 5 heteroatoms. The Bertz CT molecular complexity index is 448. The second-order valence-corrected chi connectivity index (χ2v) is 4.96. The summed E-state index contributed by atoms with van der Waals surface area (Å²) in [6.45, 7) is 6.21. The third kappa shape index (κ3) is 6.26. The number of anilines is 1. The number of likely N-dealkylation sites (N-methyl/N-ethyl adjacent to an activating group) is 1. The Labute approximate surface area is 132 Å². The fourth-order valence-electron chi connectivity index (χ4n) is 1.97. The SMILES string of the molecule is CCCCOCCCNC(=O)C(=O)N(CC)c1ccccc1. The summed E-state index contributed by atoms with van der Waals surface area (Å²) in [5.74, 6) is -1.10. The maximum Gasteiger partial charge on any atom is 0.316 e. The average Bonchev–Trinajstić information content (AvgIpc) is 2.55. The van der Waals surface area contributed by atoms with E-state index in [9.17, 15) is 9.59 Å². The molecule has 0 radical (unpaired) electrons. The first kappa shape index (κ1) is 18.2. The number of nitrogens with one attached hydrogen (secondary N) is 1. The molecule has 1 aromatic carbocycles. The number of ether oxygens (including phenoxy) is 1. The minimum Gasteiger partial charge on any atom is -0.381 e. The van der Waals surface area contributed by atoms with Crippen LogP contribution in [0.3, 0.4) is 0 Å². The van der Waals surface area contributed by atoms with E-state index in [1.54, 1.807) is 0 Å². The van der Waals surface area contributed by atoms with Gasteiger partial charge in [-0.1, -0.05) is 31.5 Å². The van der Waals surface area contributed by atoms with E-state index in [0.717, 1.165) is 25.1 Å². The molecule has 0 unspecified atom stereocenters. The minimum absolute atomic E-state index is 0.447. The first-order chi connectivity index (χ1) is 10.7. The predicted molar refractivity (Wildman–Crippen MR) is 87.8 cm³/mol. The van der Waals surface area contributed by atoms with Crippen molar-refractivity contribution in [2.45, 2.75) is 33.1 Å². The van der Waals surface area contributed by atoms with Crippen LogP contribution in [0.15, 0.2) is 30.3 Å². The van der Waals surface area contributed by atoms with Gasteiger partial charge >= 0.3 is 11.8 Å². The normalized spacial score (nSPS) is 10.3. The van der Waals surface area contributed by atoms with Crippen molar-refractivity contribution in [2.24, 2.45) is 0 Å². The minimum atomic E-state index is -0.570. The van der Waals surface area contributed by atoms with E-state index in [0.29, 0.717) is 26.1 Å². The highest BCUT2D eigenvalue weighted by Crippen LogP contribution is 2.12. The topological polar surface area (TPSA) is 58.6 Å². The number of nitrogens with zero attached hydrogens (tertiary/aromatic N) is 1. The molecule has 0 saturated carbocycles. The highest BCUT2D eigenvalue weighted by molar-refractivity contribution is 6.40. The Hall–Kier alpha value is -1.88. The number of unbranched alkanes of at least 4 members (excludes halogenated alkanes) is 1. The van der Waals surface area contributed by atoms with Crippen LogP contribution < -0.4 is 10.2 Å². The van der Waals surface area contributed by atoms with E-state index in [-0.39, 0.29) is 0 Å². The first-order valence-corrected chi connectivity index (χ1v) is 7.93. The lowest BCUT2D eigenvalue weighted by atomic mass is 10.2. The lowest BCUT2D eigenvalue weighted by Gasteiger charge is -2.20. The lowest BCUT2D eigenvalue weighted by Crippen LogP contribution is -2.43. The fourth-order valence-corrected chi connectivity index (χ4v) is 1.97. The number of benzene rings is 1. The van der Waals surface area contributed by atoms with Gasteiger partial charge in [0.1, 0.15) is 0 Å². The van der Waals surface area contributed by atoms with Crippen LogP contribution in [0.2, 0.25) is 0 Å². The van der Waals surface area contributed by atoms with Crippen molar-refractivity contribution >= 4 is 17.5 Å². The Balaban J connectivity index is 2.33. The zero-order valence-electron chi connectivity index (χ0n) is 13.5. The van der Waals surface area contributed by atoms with Crippen molar-refractivity contribution in [1.82, 2.24) is 5.32 Å². The van der Waals surface area contributed by atoms with E-state index in [1.165, 1.54) is 4.90 Å². The summed E-state index contributed by atoms with van der Waals surface area (Å²) in [4.78, 5) is 25.5. The third-order valence-electron chi connectivity index (χ3n) is 3.22. The highest BCUT2D eigenvalue weighted by Gasteiger charge is 2.21. The molecule has 22 heavy (non-hydrogen) atoms. The van der Waals surface area contributed by atoms with Crippen LogP contribution >= 0.6 is 0 Å². The van der Waals surface area contributed by atoms with Gasteiger partial charge in [0.25, 0.3) is 0 Å². The number of amides is 2. The standard InChI is InChI=1S/C17H26N2O3/c1-3-5-13-22-14-9-12-18-16(20)17(21)19(4-2)15-10-7-6-8-11-15/h6-8,10-11H,3-5,9,12-14H2,1-2H3,(H,18,20). The Morgan fingerprint density at radius 2 is 1.77 bits per heavy atom. The van der Waals surface area contributed by atoms with Crippen LogP contribution in [-0.4, -0.2) is 38.1 Å². The van der Waals surface area contributed by atoms with E-state index < -0.39 is 11.8 Å². The molecule has 1 N–H and O–H groups in total. The molecule has 0 saturated heterocycles. The molecule has 1 rings (SSSR count). The van der Waals surface area contributed by atoms with E-state index >= 15 is 0 Å². The summed E-state index contributed by atoms with van der Waals surface area (Å²) >= 11 is 0. The Morgan fingerprint density at radius 1 is 1.09 bits per heavy atom. The molecule has 0 fully saturated rings. The molecule has 0 aliphatic heterocycles. The number of carbonyl (C=O) groups excluding carboxylic acids is 2. The Kier molecular flexibility index (Phi) is 8.91. The molecule has 1 aromatic rings. The molecular weight excluding hydrogens is 280 g/mol. The first-order valence-electron chi connectivity index (χ1n) is 7.93. The maximum atomic E-state index is 12.2. The van der Waals surface area contributed by atoms with Gasteiger partial charge in [0.2, 0.25) is 0 Å². The number of hydrogen-bond acceptors (Lipinski definition) is 3. The molecule has 0 bridgehead atoms. The summed E-state index contributed by atoms with van der Waals surface area (Å²) in [5, 5.41) is 2.65. The van der Waals surface area contributed by atoms with Crippen LogP contribution in [0.5, 0.6) is 0 Å². The summed E-state index contributed by atoms with van der Waals surface area (Å²) in [5.41, 5.74) is 0.730. The van der Waals surface area contributed by atoms with Crippen molar-refractivity contribution in [2.75, 3.05) is 31.2 Å². The quantitative estimate of drug-likeness (QED) is 0.563. The average molecular weight is 306 g/mol. The zero-order valence-corrected chi connectivity index (χ0v) is 13.5. The molecule has 5 nitrogen and oxygen atoms in total. The van der Waals surface area contributed by atoms with Crippen molar-refractivity contribution in [3.63, 3.8) is 0 Å². The van der Waals surface area contributed by atoms with Gasteiger partial charge in [0.15, 0.2) is 0 Å². The van der Waals surface area contributed by atoms with Gasteiger partial charge in [0, 0.05) is 32.0 Å². The van der Waals surface area contributed by atoms with Gasteiger partial charge < -0.3 is 15.0 Å². The van der Waals surface area contributed by atoms with Gasteiger partial charge in [-0.2, -0.15) is 0 Å². The van der Waals surface area contributed by atoms with Crippen molar-refractivity contribution in [1.29, 1.82) is 0 Å². The molecular formula is C17H26N2O3. The molecule has 122 valence electrons. The fraction of sp³-hybridized carbons (Fsp3) is 0.529. The van der Waals surface area contributed by atoms with Gasteiger partial charge in [-0.05, 0) is 31.9 Å². The largest absolute Gasteiger partial charge is 0.381 e. The Morgan fingerprint density at radius 3 is 2.41 bits per heavy atom. The van der Waals surface area contributed by atoms with Gasteiger partial charge in [0.05, 0.1) is 0 Å². The molecule has 0 heterocycles. The van der Waals surface area contributed by atoms with Gasteiger partial charge in [-0.15, -0.1) is 0 Å². The van der Waals surface area contributed by atoms with Crippen LogP contribution in [-0.2, 0) is 14.3 Å². The summed E-state index contributed by atoms with van der Waals surface area (Å²) < 4.78 is 5.41. The maximum absolute atomic E-state index is 12.2. The smallest absolute Gasteiger partial charge is 0.316 e. The highest BCUT2D eigenvalue weighted by atomic mass is 16.5. The van der Waals surface area contributed by atoms with Crippen molar-refractivity contribution in [3.8, 4) is 0 Å². The molecule has 0 spiro atoms. The zero-order chi connectivity index (χ0) is 16.2. The third-order valence-corrected chi connectivity index (χ3v) is 3.22. The number of para-hydroxylation sites is 1. The lowest BCUT2D eigenvalue weighted by molar-refractivity contribution is -0.137. The van der Waals surface area contributed by atoms with Gasteiger partial charge in [-0.25, -0.2) is 0 Å². The number of carbonyl (C=O) groups is 2. The van der Waals surface area contributed by atoms with Crippen LogP contribution in [0.25, 0.3) is 0 Å².